The lowest BCUT2D eigenvalue weighted by atomic mass is 9.99. The van der Waals surface area contributed by atoms with E-state index in [0.717, 1.165) is 34.6 Å². The molecule has 0 amide bonds. The van der Waals surface area contributed by atoms with Crippen molar-refractivity contribution in [3.8, 4) is 0 Å². The van der Waals surface area contributed by atoms with Crippen molar-refractivity contribution in [1.82, 2.24) is 0 Å². The number of ether oxygens (including phenoxy) is 5. The zero-order valence-corrected chi connectivity index (χ0v) is 16.7. The summed E-state index contributed by atoms with van der Waals surface area (Å²) in [7, 11) is 0. The fraction of sp³-hybridized carbons (Fsp3) is 0.647. The normalized spacial score (nSPS) is 14.4. The zero-order chi connectivity index (χ0) is 22.7. The van der Waals surface area contributed by atoms with E-state index in [1.165, 1.54) is 0 Å². The summed E-state index contributed by atoms with van der Waals surface area (Å²) in [6.45, 7) is 3.21. The Morgan fingerprint density at radius 1 is 0.655 bits per heavy atom. The van der Waals surface area contributed by atoms with Gasteiger partial charge in [-0.3, -0.25) is 28.8 Å². The Morgan fingerprint density at radius 3 is 1.48 bits per heavy atom. The molecule has 0 spiro atoms. The van der Waals surface area contributed by atoms with Crippen LogP contribution >= 0.6 is 0 Å². The maximum atomic E-state index is 12.1. The molecule has 4 atom stereocenters. The van der Waals surface area contributed by atoms with Gasteiger partial charge in [0.15, 0.2) is 18.3 Å². The Hall–Kier alpha value is -3.02. The van der Waals surface area contributed by atoms with Crippen LogP contribution in [-0.2, 0) is 52.5 Å². The number of Topliss-reactive ketones (excluding diaryl/α,β-unsaturated/α-hetero) is 1. The molecular formula is C17H24O12. The molecule has 0 aliphatic heterocycles. The van der Waals surface area contributed by atoms with Crippen molar-refractivity contribution >= 4 is 35.6 Å². The Bertz CT molecular complexity index is 640. The highest BCUT2D eigenvalue weighted by molar-refractivity contribution is 5.87. The number of ketones is 1. The molecule has 29 heavy (non-hydrogen) atoms. The second-order valence-electron chi connectivity index (χ2n) is 5.75. The Balaban J connectivity index is 6.29. The zero-order valence-electron chi connectivity index (χ0n) is 16.7. The van der Waals surface area contributed by atoms with Gasteiger partial charge in [0.2, 0.25) is 11.9 Å². The summed E-state index contributed by atoms with van der Waals surface area (Å²) in [6.07, 6.45) is -6.98. The summed E-state index contributed by atoms with van der Waals surface area (Å²) in [5.74, 6) is -5.61. The standard InChI is InChI=1S/C17H24O12/c1-8(19)25-7-14(26-9(2)20)16(28-11(4)22)17(29-12(5)23)15(13(24)6-18)27-10(3)21/h14-18H,6-7H2,1-5H3/t14-,15+,16-,17+/m1/s1. The highest BCUT2D eigenvalue weighted by Crippen LogP contribution is 2.20. The fourth-order valence-electron chi connectivity index (χ4n) is 2.23. The smallest absolute Gasteiger partial charge is 0.303 e. The third-order valence-corrected chi connectivity index (χ3v) is 3.13. The van der Waals surface area contributed by atoms with E-state index in [1.54, 1.807) is 0 Å². The van der Waals surface area contributed by atoms with E-state index in [1.807, 2.05) is 0 Å². The Morgan fingerprint density at radius 2 is 1.10 bits per heavy atom. The topological polar surface area (TPSA) is 169 Å². The molecule has 0 saturated carbocycles. The first kappa shape index (κ1) is 26.0. The van der Waals surface area contributed by atoms with Crippen LogP contribution in [0.25, 0.3) is 0 Å². The van der Waals surface area contributed by atoms with Crippen LogP contribution < -0.4 is 0 Å². The molecule has 12 heteroatoms. The van der Waals surface area contributed by atoms with E-state index in [4.69, 9.17) is 23.7 Å². The van der Waals surface area contributed by atoms with Crippen LogP contribution in [0.3, 0.4) is 0 Å². The first-order chi connectivity index (χ1) is 13.4. The number of carbonyl (C=O) groups is 6. The molecule has 164 valence electrons. The average molecular weight is 420 g/mol. The van der Waals surface area contributed by atoms with Crippen LogP contribution in [-0.4, -0.2) is 78.4 Å². The maximum Gasteiger partial charge on any atom is 0.303 e. The summed E-state index contributed by atoms with van der Waals surface area (Å²) < 4.78 is 24.7. The van der Waals surface area contributed by atoms with Crippen molar-refractivity contribution < 1.29 is 57.6 Å². The molecule has 0 aromatic heterocycles. The lowest BCUT2D eigenvalue weighted by Crippen LogP contribution is -2.55. The van der Waals surface area contributed by atoms with Gasteiger partial charge in [0.05, 0.1) is 0 Å². The summed E-state index contributed by atoms with van der Waals surface area (Å²) in [5.41, 5.74) is 0. The van der Waals surface area contributed by atoms with Crippen LogP contribution in [0.1, 0.15) is 34.6 Å². The molecule has 0 aromatic carbocycles. The lowest BCUT2D eigenvalue weighted by Gasteiger charge is -2.34. The molecule has 0 aliphatic rings. The predicted molar refractivity (Wildman–Crippen MR) is 90.9 cm³/mol. The average Bonchev–Trinajstić information content (AvgIpc) is 2.58. The number of hydrogen-bond acceptors (Lipinski definition) is 12. The van der Waals surface area contributed by atoms with Gasteiger partial charge in [-0.25, -0.2) is 0 Å². The molecule has 1 N–H and O–H groups in total. The summed E-state index contributed by atoms with van der Waals surface area (Å²) >= 11 is 0. The van der Waals surface area contributed by atoms with Crippen molar-refractivity contribution in [3.63, 3.8) is 0 Å². The van der Waals surface area contributed by atoms with Crippen molar-refractivity contribution in [2.45, 2.75) is 59.0 Å². The van der Waals surface area contributed by atoms with Gasteiger partial charge in [0.25, 0.3) is 0 Å². The molecular weight excluding hydrogens is 396 g/mol. The van der Waals surface area contributed by atoms with Crippen molar-refractivity contribution in [3.05, 3.63) is 0 Å². The van der Waals surface area contributed by atoms with Crippen molar-refractivity contribution in [2.75, 3.05) is 13.2 Å². The molecule has 0 heterocycles. The first-order valence-corrected chi connectivity index (χ1v) is 8.34. The quantitative estimate of drug-likeness (QED) is 0.315. The minimum absolute atomic E-state index is 0.634. The number of carbonyl (C=O) groups excluding carboxylic acids is 6. The second kappa shape index (κ2) is 12.4. The highest BCUT2D eigenvalue weighted by Gasteiger charge is 2.46. The summed E-state index contributed by atoms with van der Waals surface area (Å²) in [4.78, 5) is 69.3. The number of hydrogen-bond donors (Lipinski definition) is 1. The highest BCUT2D eigenvalue weighted by atomic mass is 16.6. The minimum Gasteiger partial charge on any atom is -0.462 e. The molecule has 0 saturated heterocycles. The minimum atomic E-state index is -1.90. The van der Waals surface area contributed by atoms with Gasteiger partial charge in [0, 0.05) is 34.6 Å². The van der Waals surface area contributed by atoms with Gasteiger partial charge in [-0.15, -0.1) is 0 Å². The van der Waals surface area contributed by atoms with E-state index >= 15 is 0 Å². The van der Waals surface area contributed by atoms with Gasteiger partial charge in [-0.2, -0.15) is 0 Å². The number of aliphatic hydroxyl groups is 1. The number of rotatable bonds is 11. The molecule has 0 fully saturated rings. The van der Waals surface area contributed by atoms with Crippen molar-refractivity contribution in [2.24, 2.45) is 0 Å². The van der Waals surface area contributed by atoms with E-state index in [2.05, 4.69) is 0 Å². The number of aliphatic hydroxyl groups excluding tert-OH is 1. The van der Waals surface area contributed by atoms with Crippen LogP contribution in [0, 0.1) is 0 Å². The molecule has 0 aliphatic carbocycles. The van der Waals surface area contributed by atoms with Gasteiger partial charge < -0.3 is 28.8 Å². The molecule has 12 nitrogen and oxygen atoms in total. The van der Waals surface area contributed by atoms with Crippen molar-refractivity contribution in [1.29, 1.82) is 0 Å². The third-order valence-electron chi connectivity index (χ3n) is 3.13. The van der Waals surface area contributed by atoms with E-state index < -0.39 is 73.3 Å². The lowest BCUT2D eigenvalue weighted by molar-refractivity contribution is -0.203. The van der Waals surface area contributed by atoms with Crippen LogP contribution in [0.15, 0.2) is 0 Å². The Kier molecular flexibility index (Phi) is 11.1. The van der Waals surface area contributed by atoms with Gasteiger partial charge >= 0.3 is 29.8 Å². The molecule has 0 aromatic rings. The van der Waals surface area contributed by atoms with Gasteiger partial charge in [-0.1, -0.05) is 0 Å². The fourth-order valence-corrected chi connectivity index (χ4v) is 2.23. The largest absolute Gasteiger partial charge is 0.462 e. The summed E-state index contributed by atoms with van der Waals surface area (Å²) in [6, 6.07) is 0. The molecule has 0 rings (SSSR count). The van der Waals surface area contributed by atoms with Crippen LogP contribution in [0.4, 0.5) is 0 Å². The molecule has 0 radical (unpaired) electrons. The van der Waals surface area contributed by atoms with Gasteiger partial charge in [0.1, 0.15) is 13.2 Å². The van der Waals surface area contributed by atoms with E-state index in [-0.39, 0.29) is 0 Å². The second-order valence-corrected chi connectivity index (χ2v) is 5.75. The molecule has 0 bridgehead atoms. The van der Waals surface area contributed by atoms with Gasteiger partial charge in [-0.05, 0) is 0 Å². The number of esters is 5. The molecule has 0 unspecified atom stereocenters. The Labute approximate surface area is 166 Å². The summed E-state index contributed by atoms with van der Waals surface area (Å²) in [5, 5.41) is 9.18. The third kappa shape index (κ3) is 10.2. The monoisotopic (exact) mass is 420 g/mol. The first-order valence-electron chi connectivity index (χ1n) is 8.34. The SMILES string of the molecule is CC(=O)OC[C@@H](OC(C)=O)[C@@H](OC(C)=O)[C@@H](OC(C)=O)[C@@H](OC(C)=O)C(=O)CO. The predicted octanol–water partition coefficient (Wildman–Crippen LogP) is -1.16. The van der Waals surface area contributed by atoms with E-state index in [9.17, 15) is 33.9 Å². The van der Waals surface area contributed by atoms with E-state index in [0.29, 0.717) is 0 Å². The maximum absolute atomic E-state index is 12.1. The van der Waals surface area contributed by atoms with Crippen LogP contribution in [0.5, 0.6) is 0 Å². The van der Waals surface area contributed by atoms with Crippen LogP contribution in [0.2, 0.25) is 0 Å².